The van der Waals surface area contributed by atoms with Gasteiger partial charge in [0.05, 0.1) is 12.7 Å². The summed E-state index contributed by atoms with van der Waals surface area (Å²) in [6.45, 7) is 6.44. The summed E-state index contributed by atoms with van der Waals surface area (Å²) in [4.78, 5) is 14.1. The van der Waals surface area contributed by atoms with E-state index < -0.39 is 5.54 Å². The van der Waals surface area contributed by atoms with Crippen molar-refractivity contribution in [1.29, 1.82) is 0 Å². The van der Waals surface area contributed by atoms with Gasteiger partial charge in [0.25, 0.3) is 0 Å². The maximum absolute atomic E-state index is 11.9. The number of carbonyl (C=O) groups is 1. The van der Waals surface area contributed by atoms with Gasteiger partial charge in [-0.2, -0.15) is 0 Å². The number of nitrogens with zero attached hydrogens (tertiary/aromatic N) is 1. The van der Waals surface area contributed by atoms with E-state index >= 15 is 0 Å². The van der Waals surface area contributed by atoms with Crippen molar-refractivity contribution in [3.05, 3.63) is 0 Å². The van der Waals surface area contributed by atoms with Crippen molar-refractivity contribution in [3.63, 3.8) is 0 Å². The normalized spacial score (nSPS) is 23.1. The maximum atomic E-state index is 11.9. The van der Waals surface area contributed by atoms with E-state index in [0.717, 1.165) is 26.0 Å². The number of carbonyl (C=O) groups excluding carboxylic acids is 1. The standard InChI is InChI=1S/C13H26N2O3/c1-5-17-12(16)13(2,14-3)10-15(4)9-11-7-6-8-18-11/h11,14H,5-10H2,1-4H3. The van der Waals surface area contributed by atoms with E-state index in [9.17, 15) is 4.79 Å². The molecule has 2 atom stereocenters. The molecule has 0 aromatic carbocycles. The summed E-state index contributed by atoms with van der Waals surface area (Å²) >= 11 is 0. The zero-order chi connectivity index (χ0) is 13.6. The van der Waals surface area contributed by atoms with Crippen molar-refractivity contribution in [2.45, 2.75) is 38.3 Å². The summed E-state index contributed by atoms with van der Waals surface area (Å²) in [5.74, 6) is -0.202. The molecule has 1 aliphatic rings. The molecule has 0 aromatic rings. The van der Waals surface area contributed by atoms with Crippen LogP contribution < -0.4 is 5.32 Å². The average Bonchev–Trinajstić information content (AvgIpc) is 2.81. The summed E-state index contributed by atoms with van der Waals surface area (Å²) in [7, 11) is 3.80. The topological polar surface area (TPSA) is 50.8 Å². The summed E-state index contributed by atoms with van der Waals surface area (Å²) < 4.78 is 10.7. The van der Waals surface area contributed by atoms with Crippen molar-refractivity contribution in [1.82, 2.24) is 10.2 Å². The summed E-state index contributed by atoms with van der Waals surface area (Å²) in [6, 6.07) is 0. The van der Waals surface area contributed by atoms with E-state index in [0.29, 0.717) is 19.3 Å². The molecule has 18 heavy (non-hydrogen) atoms. The summed E-state index contributed by atoms with van der Waals surface area (Å²) in [6.07, 6.45) is 2.55. The number of likely N-dealkylation sites (N-methyl/N-ethyl adjacent to an activating group) is 2. The second kappa shape index (κ2) is 7.07. The van der Waals surface area contributed by atoms with Gasteiger partial charge in [0, 0.05) is 19.7 Å². The molecule has 1 N–H and O–H groups in total. The van der Waals surface area contributed by atoms with E-state index in [4.69, 9.17) is 9.47 Å². The Hall–Kier alpha value is -0.650. The molecule has 0 aromatic heterocycles. The highest BCUT2D eigenvalue weighted by atomic mass is 16.5. The maximum Gasteiger partial charge on any atom is 0.327 e. The van der Waals surface area contributed by atoms with Gasteiger partial charge < -0.3 is 19.7 Å². The monoisotopic (exact) mass is 258 g/mol. The van der Waals surface area contributed by atoms with E-state index in [1.54, 1.807) is 7.05 Å². The molecule has 0 bridgehead atoms. The molecular formula is C13H26N2O3. The van der Waals surface area contributed by atoms with Crippen LogP contribution in [0.5, 0.6) is 0 Å². The third-order valence-electron chi connectivity index (χ3n) is 3.40. The molecule has 0 saturated carbocycles. The zero-order valence-corrected chi connectivity index (χ0v) is 12.0. The fourth-order valence-corrected chi connectivity index (χ4v) is 2.28. The molecule has 2 unspecified atom stereocenters. The lowest BCUT2D eigenvalue weighted by Crippen LogP contribution is -2.56. The lowest BCUT2D eigenvalue weighted by atomic mass is 10.0. The molecule has 1 heterocycles. The lowest BCUT2D eigenvalue weighted by Gasteiger charge is -2.32. The van der Waals surface area contributed by atoms with Crippen LogP contribution >= 0.6 is 0 Å². The third-order valence-corrected chi connectivity index (χ3v) is 3.40. The van der Waals surface area contributed by atoms with Gasteiger partial charge in [0.2, 0.25) is 0 Å². The number of hydrogen-bond donors (Lipinski definition) is 1. The van der Waals surface area contributed by atoms with Crippen LogP contribution in [0.2, 0.25) is 0 Å². The van der Waals surface area contributed by atoms with Gasteiger partial charge in [-0.25, -0.2) is 0 Å². The van der Waals surface area contributed by atoms with E-state index in [2.05, 4.69) is 10.2 Å². The minimum absolute atomic E-state index is 0.202. The number of rotatable bonds is 7. The molecule has 1 aliphatic heterocycles. The van der Waals surface area contributed by atoms with Crippen molar-refractivity contribution >= 4 is 5.97 Å². The third kappa shape index (κ3) is 4.23. The summed E-state index contributed by atoms with van der Waals surface area (Å²) in [5.41, 5.74) is -0.663. The molecular weight excluding hydrogens is 232 g/mol. The molecule has 0 aliphatic carbocycles. The predicted octanol–water partition coefficient (Wildman–Crippen LogP) is 0.638. The van der Waals surface area contributed by atoms with Crippen molar-refractivity contribution in [2.24, 2.45) is 0 Å². The van der Waals surface area contributed by atoms with Crippen molar-refractivity contribution < 1.29 is 14.3 Å². The number of esters is 1. The number of hydrogen-bond acceptors (Lipinski definition) is 5. The van der Waals surface area contributed by atoms with E-state index in [-0.39, 0.29) is 5.97 Å². The smallest absolute Gasteiger partial charge is 0.327 e. The van der Waals surface area contributed by atoms with Gasteiger partial charge in [-0.15, -0.1) is 0 Å². The van der Waals surface area contributed by atoms with Crippen LogP contribution in [-0.2, 0) is 14.3 Å². The molecule has 1 saturated heterocycles. The van der Waals surface area contributed by atoms with Gasteiger partial charge >= 0.3 is 5.97 Å². The minimum Gasteiger partial charge on any atom is -0.465 e. The highest BCUT2D eigenvalue weighted by Crippen LogP contribution is 2.15. The van der Waals surface area contributed by atoms with Crippen molar-refractivity contribution in [3.8, 4) is 0 Å². The summed E-state index contributed by atoms with van der Waals surface area (Å²) in [5, 5.41) is 3.06. The Balaban J connectivity index is 2.47. The Labute approximate surface area is 110 Å². The predicted molar refractivity (Wildman–Crippen MR) is 70.6 cm³/mol. The molecule has 0 radical (unpaired) electrons. The number of ether oxygens (including phenoxy) is 2. The number of nitrogens with one attached hydrogen (secondary N) is 1. The quantitative estimate of drug-likeness (QED) is 0.679. The van der Waals surface area contributed by atoms with Crippen LogP contribution in [0.15, 0.2) is 0 Å². The molecule has 5 heteroatoms. The van der Waals surface area contributed by atoms with E-state index in [1.807, 2.05) is 20.9 Å². The first kappa shape index (κ1) is 15.4. The first-order chi connectivity index (χ1) is 8.51. The first-order valence-electron chi connectivity index (χ1n) is 6.68. The fraction of sp³-hybridized carbons (Fsp3) is 0.923. The fourth-order valence-electron chi connectivity index (χ4n) is 2.28. The van der Waals surface area contributed by atoms with Crippen LogP contribution in [0.1, 0.15) is 26.7 Å². The van der Waals surface area contributed by atoms with E-state index in [1.165, 1.54) is 0 Å². The van der Waals surface area contributed by atoms with Gasteiger partial charge in [-0.05, 0) is 40.8 Å². The van der Waals surface area contributed by atoms with Crippen LogP contribution in [0, 0.1) is 0 Å². The van der Waals surface area contributed by atoms with Crippen LogP contribution in [0.3, 0.4) is 0 Å². The van der Waals surface area contributed by atoms with Gasteiger partial charge in [-0.3, -0.25) is 4.79 Å². The van der Waals surface area contributed by atoms with Crippen molar-refractivity contribution in [2.75, 3.05) is 40.4 Å². The molecule has 5 nitrogen and oxygen atoms in total. The zero-order valence-electron chi connectivity index (χ0n) is 12.0. The minimum atomic E-state index is -0.663. The largest absolute Gasteiger partial charge is 0.465 e. The Morgan fingerprint density at radius 2 is 2.33 bits per heavy atom. The molecule has 106 valence electrons. The molecule has 1 rings (SSSR count). The molecule has 0 amide bonds. The highest BCUT2D eigenvalue weighted by Gasteiger charge is 2.34. The Bertz CT molecular complexity index is 267. The van der Waals surface area contributed by atoms with Gasteiger partial charge in [-0.1, -0.05) is 0 Å². The molecule has 0 spiro atoms. The second-order valence-electron chi connectivity index (χ2n) is 5.13. The van der Waals surface area contributed by atoms with Crippen LogP contribution in [-0.4, -0.2) is 62.9 Å². The first-order valence-corrected chi connectivity index (χ1v) is 6.68. The van der Waals surface area contributed by atoms with Crippen LogP contribution in [0.25, 0.3) is 0 Å². The Morgan fingerprint density at radius 1 is 1.61 bits per heavy atom. The molecule has 1 fully saturated rings. The SMILES string of the molecule is CCOC(=O)C(C)(CN(C)CC1CCCO1)NC. The van der Waals surface area contributed by atoms with Gasteiger partial charge in [0.1, 0.15) is 5.54 Å². The Kier molecular flexibility index (Phi) is 6.05. The van der Waals surface area contributed by atoms with Crippen LogP contribution in [0.4, 0.5) is 0 Å². The Morgan fingerprint density at radius 3 is 2.83 bits per heavy atom. The van der Waals surface area contributed by atoms with Gasteiger partial charge in [0.15, 0.2) is 0 Å². The second-order valence-corrected chi connectivity index (χ2v) is 5.13. The lowest BCUT2D eigenvalue weighted by molar-refractivity contribution is -0.151. The highest BCUT2D eigenvalue weighted by molar-refractivity contribution is 5.80. The average molecular weight is 258 g/mol.